The summed E-state index contributed by atoms with van der Waals surface area (Å²) in [4.78, 5) is 24.5. The van der Waals surface area contributed by atoms with Gasteiger partial charge in [0, 0.05) is 0 Å². The number of rotatable bonds is 6. The zero-order valence-electron chi connectivity index (χ0n) is 17.7. The Morgan fingerprint density at radius 1 is 0.933 bits per heavy atom. The molecule has 0 atom stereocenters. The van der Waals surface area contributed by atoms with Crippen molar-refractivity contribution in [1.29, 1.82) is 0 Å². The molecule has 0 aliphatic heterocycles. The number of carbonyl (C=O) groups is 2. The molecule has 0 amide bonds. The summed E-state index contributed by atoms with van der Waals surface area (Å²) in [7, 11) is 1.33. The monoisotopic (exact) mass is 406 g/mol. The lowest BCUT2D eigenvalue weighted by Crippen LogP contribution is -2.25. The highest BCUT2D eigenvalue weighted by Gasteiger charge is 2.19. The molecule has 5 nitrogen and oxygen atoms in total. The lowest BCUT2D eigenvalue weighted by Gasteiger charge is -2.20. The van der Waals surface area contributed by atoms with Crippen LogP contribution in [0.2, 0.25) is 0 Å². The lowest BCUT2D eigenvalue weighted by molar-refractivity contribution is -0.153. The van der Waals surface area contributed by atoms with E-state index in [2.05, 4.69) is 0 Å². The molecule has 0 aliphatic carbocycles. The van der Waals surface area contributed by atoms with E-state index in [1.165, 1.54) is 7.11 Å². The summed E-state index contributed by atoms with van der Waals surface area (Å²) in [6.07, 6.45) is 0.0584. The molecule has 0 spiro atoms. The molecule has 0 fully saturated rings. The number of benzene rings is 3. The molecule has 3 aromatic rings. The lowest BCUT2D eigenvalue weighted by atomic mass is 9.98. The van der Waals surface area contributed by atoms with E-state index >= 15 is 0 Å². The molecule has 0 radical (unpaired) electrons. The van der Waals surface area contributed by atoms with Crippen LogP contribution in [0.15, 0.2) is 60.7 Å². The molecule has 3 rings (SSSR count). The fraction of sp³-hybridized carbons (Fsp3) is 0.280. The van der Waals surface area contributed by atoms with Gasteiger partial charge in [-0.2, -0.15) is 0 Å². The Balaban J connectivity index is 1.92. The first-order valence-corrected chi connectivity index (χ1v) is 9.79. The number of ether oxygens (including phenoxy) is 3. The molecule has 0 saturated carbocycles. The van der Waals surface area contributed by atoms with Crippen molar-refractivity contribution < 1.29 is 23.8 Å². The molecule has 0 heterocycles. The minimum absolute atomic E-state index is 0.0584. The summed E-state index contributed by atoms with van der Waals surface area (Å²) in [5.41, 5.74) is 1.57. The molecule has 156 valence electrons. The van der Waals surface area contributed by atoms with Gasteiger partial charge in [-0.1, -0.05) is 36.4 Å². The van der Waals surface area contributed by atoms with Crippen molar-refractivity contribution in [2.45, 2.75) is 39.4 Å². The van der Waals surface area contributed by atoms with Crippen molar-refractivity contribution in [2.24, 2.45) is 0 Å². The standard InChI is InChI=1S/C25H26O5/c1-25(2,3)30-23(26)15-19-13-20(24(27)28-4)12-18-14-21(10-11-22(18)19)29-16-17-8-6-5-7-9-17/h5-14H,15-16H2,1-4H3. The van der Waals surface area contributed by atoms with E-state index in [9.17, 15) is 9.59 Å². The van der Waals surface area contributed by atoms with Gasteiger partial charge in [-0.15, -0.1) is 0 Å². The molecular formula is C25H26O5. The second-order valence-corrected chi connectivity index (χ2v) is 8.05. The van der Waals surface area contributed by atoms with E-state index in [4.69, 9.17) is 14.2 Å². The first-order valence-electron chi connectivity index (χ1n) is 9.79. The minimum atomic E-state index is -0.578. The third-order valence-electron chi connectivity index (χ3n) is 4.43. The number of methoxy groups -OCH3 is 1. The molecule has 3 aromatic carbocycles. The van der Waals surface area contributed by atoms with Crippen LogP contribution in [0.25, 0.3) is 10.8 Å². The molecule has 0 aromatic heterocycles. The zero-order chi connectivity index (χ0) is 21.7. The molecule has 0 unspecified atom stereocenters. The third kappa shape index (κ3) is 5.60. The van der Waals surface area contributed by atoms with Crippen LogP contribution in [0, 0.1) is 0 Å². The van der Waals surface area contributed by atoms with Crippen LogP contribution >= 0.6 is 0 Å². The fourth-order valence-electron chi connectivity index (χ4n) is 3.17. The highest BCUT2D eigenvalue weighted by Crippen LogP contribution is 2.27. The van der Waals surface area contributed by atoms with Crippen LogP contribution in [0.4, 0.5) is 0 Å². The number of hydrogen-bond donors (Lipinski definition) is 0. The van der Waals surface area contributed by atoms with E-state index in [-0.39, 0.29) is 12.4 Å². The van der Waals surface area contributed by atoms with E-state index in [1.54, 1.807) is 12.1 Å². The van der Waals surface area contributed by atoms with E-state index in [1.807, 2.05) is 69.3 Å². The quantitative estimate of drug-likeness (QED) is 0.534. The van der Waals surface area contributed by atoms with Gasteiger partial charge in [0.15, 0.2) is 0 Å². The summed E-state index contributed by atoms with van der Waals surface area (Å²) in [5, 5.41) is 1.66. The summed E-state index contributed by atoms with van der Waals surface area (Å²) in [6, 6.07) is 18.9. The normalized spacial score (nSPS) is 11.2. The maximum Gasteiger partial charge on any atom is 0.337 e. The van der Waals surface area contributed by atoms with E-state index in [0.717, 1.165) is 16.3 Å². The van der Waals surface area contributed by atoms with Crippen LogP contribution < -0.4 is 4.74 Å². The first-order chi connectivity index (χ1) is 14.2. The molecular weight excluding hydrogens is 380 g/mol. The van der Waals surface area contributed by atoms with Crippen molar-refractivity contribution in [3.05, 3.63) is 77.4 Å². The fourth-order valence-corrected chi connectivity index (χ4v) is 3.17. The Labute approximate surface area is 176 Å². The third-order valence-corrected chi connectivity index (χ3v) is 4.43. The van der Waals surface area contributed by atoms with Crippen LogP contribution in [-0.2, 0) is 27.3 Å². The molecule has 5 heteroatoms. The minimum Gasteiger partial charge on any atom is -0.489 e. The average Bonchev–Trinajstić information content (AvgIpc) is 2.70. The van der Waals surface area contributed by atoms with Gasteiger partial charge < -0.3 is 14.2 Å². The molecule has 30 heavy (non-hydrogen) atoms. The number of fused-ring (bicyclic) bond motifs is 1. The van der Waals surface area contributed by atoms with Crippen LogP contribution in [-0.4, -0.2) is 24.6 Å². The maximum atomic E-state index is 12.4. The molecule has 0 saturated heterocycles. The Morgan fingerprint density at radius 2 is 1.67 bits per heavy atom. The van der Waals surface area contributed by atoms with Gasteiger partial charge >= 0.3 is 11.9 Å². The Hall–Kier alpha value is -3.34. The van der Waals surface area contributed by atoms with Crippen LogP contribution in [0.5, 0.6) is 5.75 Å². The van der Waals surface area contributed by atoms with Crippen molar-refractivity contribution in [3.63, 3.8) is 0 Å². The van der Waals surface area contributed by atoms with Crippen molar-refractivity contribution in [2.75, 3.05) is 7.11 Å². The van der Waals surface area contributed by atoms with Crippen LogP contribution in [0.1, 0.15) is 42.3 Å². The molecule has 0 bridgehead atoms. The smallest absolute Gasteiger partial charge is 0.337 e. The van der Waals surface area contributed by atoms with Crippen molar-refractivity contribution in [3.8, 4) is 5.75 Å². The first kappa shape index (κ1) is 21.4. The topological polar surface area (TPSA) is 61.8 Å². The van der Waals surface area contributed by atoms with Crippen LogP contribution in [0.3, 0.4) is 0 Å². The van der Waals surface area contributed by atoms with Gasteiger partial charge in [-0.3, -0.25) is 4.79 Å². The van der Waals surface area contributed by atoms with Crippen molar-refractivity contribution >= 4 is 22.7 Å². The average molecular weight is 406 g/mol. The summed E-state index contributed by atoms with van der Waals surface area (Å²) >= 11 is 0. The number of esters is 2. The van der Waals surface area contributed by atoms with Gasteiger partial charge in [0.05, 0.1) is 19.1 Å². The molecule has 0 N–H and O–H groups in total. The van der Waals surface area contributed by atoms with Gasteiger partial charge in [0.1, 0.15) is 18.0 Å². The van der Waals surface area contributed by atoms with E-state index < -0.39 is 11.6 Å². The van der Waals surface area contributed by atoms with E-state index in [0.29, 0.717) is 23.5 Å². The number of carbonyl (C=O) groups excluding carboxylic acids is 2. The maximum absolute atomic E-state index is 12.4. The summed E-state index contributed by atoms with van der Waals surface area (Å²) in [6.45, 7) is 5.91. The second kappa shape index (κ2) is 8.99. The Bertz CT molecular complexity index is 1050. The highest BCUT2D eigenvalue weighted by molar-refractivity contribution is 5.98. The zero-order valence-corrected chi connectivity index (χ0v) is 17.7. The Kier molecular flexibility index (Phi) is 6.40. The largest absolute Gasteiger partial charge is 0.489 e. The SMILES string of the molecule is COC(=O)c1cc(CC(=O)OC(C)(C)C)c2ccc(OCc3ccccc3)cc2c1. The number of hydrogen-bond acceptors (Lipinski definition) is 5. The predicted molar refractivity (Wildman–Crippen MR) is 116 cm³/mol. The van der Waals surface area contributed by atoms with Gasteiger partial charge in [-0.25, -0.2) is 4.79 Å². The van der Waals surface area contributed by atoms with Gasteiger partial charge in [-0.05, 0) is 66.9 Å². The summed E-state index contributed by atoms with van der Waals surface area (Å²) < 4.78 is 16.2. The van der Waals surface area contributed by atoms with Crippen molar-refractivity contribution in [1.82, 2.24) is 0 Å². The second-order valence-electron chi connectivity index (χ2n) is 8.05. The van der Waals surface area contributed by atoms with Gasteiger partial charge in [0.25, 0.3) is 0 Å². The van der Waals surface area contributed by atoms with Gasteiger partial charge in [0.2, 0.25) is 0 Å². The Morgan fingerprint density at radius 3 is 2.33 bits per heavy atom. The highest BCUT2D eigenvalue weighted by atomic mass is 16.6. The molecule has 0 aliphatic rings. The predicted octanol–water partition coefficient (Wildman–Crippen LogP) is 5.09. The summed E-state index contributed by atoms with van der Waals surface area (Å²) in [5.74, 6) is -0.134.